The molecule has 4 nitrogen and oxygen atoms in total. The molecule has 2 rings (SSSR count). The van der Waals surface area contributed by atoms with Crippen molar-refractivity contribution in [3.63, 3.8) is 0 Å². The van der Waals surface area contributed by atoms with Crippen molar-refractivity contribution in [2.45, 2.75) is 6.92 Å². The Bertz CT molecular complexity index is 626. The minimum Gasteiger partial charge on any atom is -0.492 e. The Hall–Kier alpha value is -2.49. The lowest BCUT2D eigenvalue weighted by Crippen LogP contribution is -2.30. The minimum atomic E-state index is -0.0601. The fourth-order valence-electron chi connectivity index (χ4n) is 2.00. The molecule has 0 aliphatic heterocycles. The largest absolute Gasteiger partial charge is 0.492 e. The van der Waals surface area contributed by atoms with Crippen LogP contribution in [0.15, 0.2) is 48.5 Å². The highest BCUT2D eigenvalue weighted by molar-refractivity contribution is 5.94. The summed E-state index contributed by atoms with van der Waals surface area (Å²) in [5, 5.41) is 0. The van der Waals surface area contributed by atoms with E-state index in [9.17, 15) is 4.79 Å². The zero-order valence-electron chi connectivity index (χ0n) is 12.4. The van der Waals surface area contributed by atoms with Crippen LogP contribution in [-0.2, 0) is 0 Å². The van der Waals surface area contributed by atoms with Crippen molar-refractivity contribution in [1.29, 1.82) is 0 Å². The van der Waals surface area contributed by atoms with E-state index in [0.29, 0.717) is 24.4 Å². The van der Waals surface area contributed by atoms with E-state index < -0.39 is 0 Å². The number of benzene rings is 2. The Balaban J connectivity index is 1.87. The van der Waals surface area contributed by atoms with E-state index in [2.05, 4.69) is 0 Å². The maximum Gasteiger partial charge on any atom is 0.253 e. The maximum atomic E-state index is 12.2. The van der Waals surface area contributed by atoms with Crippen LogP contribution in [-0.4, -0.2) is 31.0 Å². The van der Waals surface area contributed by atoms with Gasteiger partial charge in [0, 0.05) is 18.3 Å². The molecule has 0 saturated carbocycles. The third-order valence-electron chi connectivity index (χ3n) is 3.17. The fraction of sp³-hybridized carbons (Fsp3) is 0.235. The van der Waals surface area contributed by atoms with Crippen LogP contribution in [0.2, 0.25) is 0 Å². The van der Waals surface area contributed by atoms with Crippen LogP contribution in [0.3, 0.4) is 0 Å². The molecule has 2 aromatic rings. The summed E-state index contributed by atoms with van der Waals surface area (Å²) >= 11 is 0. The van der Waals surface area contributed by atoms with E-state index in [0.717, 1.165) is 11.3 Å². The smallest absolute Gasteiger partial charge is 0.253 e. The van der Waals surface area contributed by atoms with Crippen LogP contribution in [0.25, 0.3) is 0 Å². The average molecular weight is 284 g/mol. The minimum absolute atomic E-state index is 0.0601. The van der Waals surface area contributed by atoms with Gasteiger partial charge in [-0.25, -0.2) is 0 Å². The SMILES string of the molecule is Cc1cccc(OCCN(C)C(=O)c2cccc(N)c2)c1. The van der Waals surface area contributed by atoms with Gasteiger partial charge >= 0.3 is 0 Å². The number of nitrogens with zero attached hydrogens (tertiary/aromatic N) is 1. The van der Waals surface area contributed by atoms with Gasteiger partial charge < -0.3 is 15.4 Å². The van der Waals surface area contributed by atoms with Crippen molar-refractivity contribution in [2.24, 2.45) is 0 Å². The van der Waals surface area contributed by atoms with Gasteiger partial charge in [-0.3, -0.25) is 4.79 Å². The Labute approximate surface area is 125 Å². The molecule has 0 heterocycles. The van der Waals surface area contributed by atoms with E-state index in [4.69, 9.17) is 10.5 Å². The number of amides is 1. The molecule has 0 atom stereocenters. The van der Waals surface area contributed by atoms with Crippen LogP contribution in [0.5, 0.6) is 5.75 Å². The monoisotopic (exact) mass is 284 g/mol. The van der Waals surface area contributed by atoms with Gasteiger partial charge in [0.25, 0.3) is 5.91 Å². The van der Waals surface area contributed by atoms with E-state index in [1.807, 2.05) is 31.2 Å². The van der Waals surface area contributed by atoms with Gasteiger partial charge in [0.05, 0.1) is 6.54 Å². The molecule has 0 unspecified atom stereocenters. The van der Waals surface area contributed by atoms with E-state index in [-0.39, 0.29) is 5.91 Å². The number of nitrogen functional groups attached to an aromatic ring is 1. The van der Waals surface area contributed by atoms with Crippen molar-refractivity contribution in [2.75, 3.05) is 25.9 Å². The van der Waals surface area contributed by atoms with Crippen LogP contribution >= 0.6 is 0 Å². The summed E-state index contributed by atoms with van der Waals surface area (Å²) in [4.78, 5) is 13.8. The normalized spacial score (nSPS) is 10.2. The van der Waals surface area contributed by atoms with Gasteiger partial charge in [-0.15, -0.1) is 0 Å². The van der Waals surface area contributed by atoms with Crippen molar-refractivity contribution in [3.05, 3.63) is 59.7 Å². The molecule has 110 valence electrons. The van der Waals surface area contributed by atoms with Crippen molar-refractivity contribution < 1.29 is 9.53 Å². The van der Waals surface area contributed by atoms with Gasteiger partial charge in [0.15, 0.2) is 0 Å². The third-order valence-corrected chi connectivity index (χ3v) is 3.17. The summed E-state index contributed by atoms with van der Waals surface area (Å²) in [6.45, 7) is 2.98. The summed E-state index contributed by atoms with van der Waals surface area (Å²) in [6.07, 6.45) is 0. The molecule has 2 aromatic carbocycles. The lowest BCUT2D eigenvalue weighted by atomic mass is 10.2. The van der Waals surface area contributed by atoms with E-state index in [1.54, 1.807) is 36.2 Å². The first kappa shape index (κ1) is 14.9. The predicted octanol–water partition coefficient (Wildman–Crippen LogP) is 2.73. The maximum absolute atomic E-state index is 12.2. The number of likely N-dealkylation sites (N-methyl/N-ethyl adjacent to an activating group) is 1. The van der Waals surface area contributed by atoms with Crippen LogP contribution in [0, 0.1) is 6.92 Å². The number of ether oxygens (including phenoxy) is 1. The average Bonchev–Trinajstić information content (AvgIpc) is 2.46. The molecule has 4 heteroatoms. The summed E-state index contributed by atoms with van der Waals surface area (Å²) in [7, 11) is 1.76. The molecular formula is C17H20N2O2. The second kappa shape index (κ2) is 6.79. The molecule has 0 aliphatic rings. The molecule has 0 fully saturated rings. The van der Waals surface area contributed by atoms with E-state index in [1.165, 1.54) is 0 Å². The molecule has 0 saturated heterocycles. The zero-order valence-corrected chi connectivity index (χ0v) is 12.4. The lowest BCUT2D eigenvalue weighted by Gasteiger charge is -2.18. The fourth-order valence-corrected chi connectivity index (χ4v) is 2.00. The number of anilines is 1. The number of nitrogens with two attached hydrogens (primary N) is 1. The second-order valence-electron chi connectivity index (χ2n) is 5.02. The second-order valence-corrected chi connectivity index (χ2v) is 5.02. The molecule has 0 aliphatic carbocycles. The Morgan fingerprint density at radius 1 is 1.19 bits per heavy atom. The number of hydrogen-bond donors (Lipinski definition) is 1. The van der Waals surface area contributed by atoms with Gasteiger partial charge in [-0.1, -0.05) is 18.2 Å². The van der Waals surface area contributed by atoms with Crippen LogP contribution in [0.1, 0.15) is 15.9 Å². The highest BCUT2D eigenvalue weighted by Gasteiger charge is 2.11. The summed E-state index contributed by atoms with van der Waals surface area (Å²) in [5.41, 5.74) is 8.02. The molecule has 0 radical (unpaired) electrons. The summed E-state index contributed by atoms with van der Waals surface area (Å²) < 4.78 is 5.65. The Morgan fingerprint density at radius 3 is 2.67 bits per heavy atom. The molecular weight excluding hydrogens is 264 g/mol. The number of aryl methyl sites for hydroxylation is 1. The van der Waals surface area contributed by atoms with Gasteiger partial charge in [0.1, 0.15) is 12.4 Å². The third kappa shape index (κ3) is 4.24. The highest BCUT2D eigenvalue weighted by atomic mass is 16.5. The highest BCUT2D eigenvalue weighted by Crippen LogP contribution is 2.12. The first-order valence-electron chi connectivity index (χ1n) is 6.87. The Kier molecular flexibility index (Phi) is 4.82. The number of carbonyl (C=O) groups is 1. The first-order valence-corrected chi connectivity index (χ1v) is 6.87. The Morgan fingerprint density at radius 2 is 1.95 bits per heavy atom. The van der Waals surface area contributed by atoms with E-state index >= 15 is 0 Å². The van der Waals surface area contributed by atoms with Crippen molar-refractivity contribution in [1.82, 2.24) is 4.90 Å². The number of hydrogen-bond acceptors (Lipinski definition) is 3. The number of carbonyl (C=O) groups excluding carboxylic acids is 1. The molecule has 0 bridgehead atoms. The predicted molar refractivity (Wildman–Crippen MR) is 84.5 cm³/mol. The summed E-state index contributed by atoms with van der Waals surface area (Å²) in [6, 6.07) is 14.8. The lowest BCUT2D eigenvalue weighted by molar-refractivity contribution is 0.0774. The van der Waals surface area contributed by atoms with Crippen LogP contribution in [0.4, 0.5) is 5.69 Å². The standard InChI is InChI=1S/C17H20N2O2/c1-13-5-3-8-16(11-13)21-10-9-19(2)17(20)14-6-4-7-15(18)12-14/h3-8,11-12H,9-10,18H2,1-2H3. The van der Waals surface area contributed by atoms with Crippen molar-refractivity contribution >= 4 is 11.6 Å². The molecule has 1 amide bonds. The molecule has 0 spiro atoms. The zero-order chi connectivity index (χ0) is 15.2. The summed E-state index contributed by atoms with van der Waals surface area (Å²) in [5.74, 6) is 0.759. The number of rotatable bonds is 5. The van der Waals surface area contributed by atoms with Gasteiger partial charge in [-0.2, -0.15) is 0 Å². The molecule has 2 N–H and O–H groups in total. The topological polar surface area (TPSA) is 55.6 Å². The van der Waals surface area contributed by atoms with Gasteiger partial charge in [-0.05, 0) is 42.8 Å². The van der Waals surface area contributed by atoms with Gasteiger partial charge in [0.2, 0.25) is 0 Å². The van der Waals surface area contributed by atoms with Crippen LogP contribution < -0.4 is 10.5 Å². The van der Waals surface area contributed by atoms with Crippen molar-refractivity contribution in [3.8, 4) is 5.75 Å². The molecule has 0 aromatic heterocycles. The quantitative estimate of drug-likeness (QED) is 0.859. The molecule has 21 heavy (non-hydrogen) atoms. The first-order chi connectivity index (χ1) is 10.1.